The molecule has 7 rings (SSSR count). The molecule has 0 N–H and O–H groups in total. The summed E-state index contributed by atoms with van der Waals surface area (Å²) in [6, 6.07) is 21.4. The zero-order chi connectivity index (χ0) is 27.0. The summed E-state index contributed by atoms with van der Waals surface area (Å²) in [6.07, 6.45) is 14.4. The van der Waals surface area contributed by atoms with E-state index in [0.29, 0.717) is 4.59 Å². The number of hydrazine groups is 1. The van der Waals surface area contributed by atoms with Crippen molar-refractivity contribution in [2.24, 2.45) is 9.98 Å². The summed E-state index contributed by atoms with van der Waals surface area (Å²) in [6.45, 7) is 6.59. The van der Waals surface area contributed by atoms with E-state index in [-0.39, 0.29) is 5.66 Å². The summed E-state index contributed by atoms with van der Waals surface area (Å²) in [5.41, 5.74) is 5.02. The van der Waals surface area contributed by atoms with E-state index < -0.39 is 0 Å². The summed E-state index contributed by atoms with van der Waals surface area (Å²) in [5.74, 6) is 0. The molecule has 0 radical (unpaired) electrons. The number of quaternary nitrogens is 1. The van der Waals surface area contributed by atoms with Crippen molar-refractivity contribution in [2.45, 2.75) is 38.3 Å². The van der Waals surface area contributed by atoms with E-state index in [1.165, 1.54) is 6.42 Å². The van der Waals surface area contributed by atoms with Gasteiger partial charge in [-0.15, -0.1) is 4.59 Å². The number of rotatable bonds is 8. The Balaban J connectivity index is 1.40. The molecule has 3 aromatic rings. The number of allylic oxidation sites excluding steroid dienone is 1. The maximum absolute atomic E-state index is 5.76. The lowest BCUT2D eigenvalue weighted by atomic mass is 9.82. The minimum Gasteiger partial charge on any atom is -0.379 e. The largest absolute Gasteiger partial charge is 0.379 e. The second-order valence-corrected chi connectivity index (χ2v) is 10.9. The Kier molecular flexibility index (Phi) is 6.56. The summed E-state index contributed by atoms with van der Waals surface area (Å²) < 4.78 is 6.15. The lowest BCUT2D eigenvalue weighted by molar-refractivity contribution is -0.755. The van der Waals surface area contributed by atoms with Crippen LogP contribution in [0.1, 0.15) is 32.6 Å². The third-order valence-electron chi connectivity index (χ3n) is 8.56. The van der Waals surface area contributed by atoms with E-state index >= 15 is 0 Å². The predicted octanol–water partition coefficient (Wildman–Crippen LogP) is 5.72. The number of aromatic nitrogens is 1. The minimum absolute atomic E-state index is 0.233. The first-order valence-corrected chi connectivity index (χ1v) is 14.5. The van der Waals surface area contributed by atoms with Gasteiger partial charge in [0.1, 0.15) is 0 Å². The normalized spacial score (nSPS) is 23.3. The number of hydrogen-bond acceptors (Lipinski definition) is 7. The van der Waals surface area contributed by atoms with Gasteiger partial charge in [0.2, 0.25) is 12.0 Å². The van der Waals surface area contributed by atoms with Crippen LogP contribution in [0.15, 0.2) is 94.9 Å². The fourth-order valence-corrected chi connectivity index (χ4v) is 6.55. The Bertz CT molecular complexity index is 1500. The molecule has 1 aromatic heterocycles. The summed E-state index contributed by atoms with van der Waals surface area (Å²) in [4.78, 5) is 14.3. The molecule has 3 aliphatic heterocycles. The van der Waals surface area contributed by atoms with Crippen molar-refractivity contribution in [2.75, 3.05) is 37.9 Å². The number of hydrogen-bond donors (Lipinski definition) is 0. The molecule has 2 aromatic carbocycles. The van der Waals surface area contributed by atoms with Crippen LogP contribution >= 0.6 is 0 Å². The molecule has 2 fully saturated rings. The fourth-order valence-electron chi connectivity index (χ4n) is 6.55. The van der Waals surface area contributed by atoms with Crippen molar-refractivity contribution < 1.29 is 9.33 Å². The zero-order valence-corrected chi connectivity index (χ0v) is 23.1. The van der Waals surface area contributed by atoms with Gasteiger partial charge in [-0.3, -0.25) is 4.99 Å². The highest BCUT2D eigenvalue weighted by atomic mass is 16.5. The van der Waals surface area contributed by atoms with Crippen molar-refractivity contribution >= 4 is 29.1 Å². The minimum atomic E-state index is -0.233. The predicted molar refractivity (Wildman–Crippen MR) is 160 cm³/mol. The van der Waals surface area contributed by atoms with Gasteiger partial charge in [0.15, 0.2) is 11.9 Å². The molecular formula is C32H36N7O+. The number of benzene rings is 2. The molecule has 8 nitrogen and oxygen atoms in total. The van der Waals surface area contributed by atoms with Crippen LogP contribution in [-0.2, 0) is 4.74 Å². The van der Waals surface area contributed by atoms with Crippen molar-refractivity contribution in [3.05, 3.63) is 85.0 Å². The molecule has 4 heterocycles. The highest BCUT2D eigenvalue weighted by Crippen LogP contribution is 2.49. The fraction of sp³-hybridized carbons (Fsp3) is 0.344. The zero-order valence-electron chi connectivity index (χ0n) is 23.1. The third-order valence-corrected chi connectivity index (χ3v) is 8.56. The van der Waals surface area contributed by atoms with Gasteiger partial charge in [0.25, 0.3) is 0 Å². The molecule has 1 saturated heterocycles. The maximum Gasteiger partial charge on any atom is 0.225 e. The highest BCUT2D eigenvalue weighted by molar-refractivity contribution is 5.86. The van der Waals surface area contributed by atoms with Gasteiger partial charge >= 0.3 is 0 Å². The summed E-state index contributed by atoms with van der Waals surface area (Å²) in [5, 5.41) is 8.88. The third kappa shape index (κ3) is 4.10. The van der Waals surface area contributed by atoms with E-state index in [9.17, 15) is 0 Å². The quantitative estimate of drug-likeness (QED) is 0.273. The Labute approximate surface area is 235 Å². The number of pyridine rings is 1. The van der Waals surface area contributed by atoms with Gasteiger partial charge in [-0.2, -0.15) is 5.01 Å². The van der Waals surface area contributed by atoms with Crippen LogP contribution in [0.4, 0.5) is 5.69 Å². The van der Waals surface area contributed by atoms with Crippen LogP contribution in [0.3, 0.4) is 0 Å². The highest BCUT2D eigenvalue weighted by Gasteiger charge is 2.59. The van der Waals surface area contributed by atoms with Gasteiger partial charge in [0, 0.05) is 30.6 Å². The number of fused-ring (bicyclic) bond motifs is 2. The number of anilines is 1. The van der Waals surface area contributed by atoms with Gasteiger partial charge < -0.3 is 4.74 Å². The molecular weight excluding hydrogens is 498 g/mol. The number of ether oxygens (including phenoxy) is 1. The second kappa shape index (κ2) is 10.4. The van der Waals surface area contributed by atoms with Crippen molar-refractivity contribution in [1.29, 1.82) is 0 Å². The summed E-state index contributed by atoms with van der Waals surface area (Å²) >= 11 is 0. The molecule has 4 aliphatic rings. The molecule has 1 saturated carbocycles. The molecule has 8 heteroatoms. The molecule has 0 bridgehead atoms. The lowest BCUT2D eigenvalue weighted by Gasteiger charge is -2.61. The molecule has 1 unspecified atom stereocenters. The van der Waals surface area contributed by atoms with Crippen LogP contribution in [0.25, 0.3) is 22.2 Å². The van der Waals surface area contributed by atoms with Gasteiger partial charge in [0.05, 0.1) is 48.7 Å². The van der Waals surface area contributed by atoms with E-state index in [0.717, 1.165) is 85.7 Å². The Morgan fingerprint density at radius 1 is 1.00 bits per heavy atom. The maximum atomic E-state index is 5.76. The first-order valence-electron chi connectivity index (χ1n) is 14.5. The molecule has 0 spiro atoms. The number of aliphatic imine (C=N–C) groups is 2. The number of nitrogens with zero attached hydrogens (tertiary/aromatic N) is 7. The summed E-state index contributed by atoms with van der Waals surface area (Å²) in [7, 11) is 0. The smallest absolute Gasteiger partial charge is 0.225 e. The Morgan fingerprint density at radius 3 is 2.60 bits per heavy atom. The molecule has 204 valence electrons. The van der Waals surface area contributed by atoms with Gasteiger partial charge in [-0.25, -0.2) is 20.0 Å². The SMILES string of the molecule is CCCN(N1CCOCC1)C1(N(c2ccc3ccc(-c4ccccc4)nc3c2)[N+]23C=CN=CC2=CN=C3)CCC1. The second-order valence-electron chi connectivity index (χ2n) is 10.9. The monoisotopic (exact) mass is 534 g/mol. The van der Waals surface area contributed by atoms with Gasteiger partial charge in [-0.1, -0.05) is 49.4 Å². The van der Waals surface area contributed by atoms with E-state index in [1.807, 2.05) is 31.0 Å². The first kappa shape index (κ1) is 25.3. The van der Waals surface area contributed by atoms with Crippen LogP contribution in [0, 0.1) is 0 Å². The average Bonchev–Trinajstić information content (AvgIpc) is 3.43. The van der Waals surface area contributed by atoms with Crippen molar-refractivity contribution in [3.63, 3.8) is 0 Å². The topological polar surface area (TPSA) is 56.6 Å². The first-order chi connectivity index (χ1) is 19.7. The van der Waals surface area contributed by atoms with Crippen molar-refractivity contribution in [3.8, 4) is 11.3 Å². The van der Waals surface area contributed by atoms with E-state index in [4.69, 9.17) is 9.72 Å². The molecule has 1 atom stereocenters. The molecule has 0 amide bonds. The number of morpholine rings is 1. The van der Waals surface area contributed by atoms with Crippen molar-refractivity contribution in [1.82, 2.24) is 15.0 Å². The lowest BCUT2D eigenvalue weighted by Crippen LogP contribution is -2.76. The average molecular weight is 535 g/mol. The van der Waals surface area contributed by atoms with E-state index in [2.05, 4.69) is 92.7 Å². The molecule has 40 heavy (non-hydrogen) atoms. The standard InChI is InChI=1S/C32H36N7O/c1-2-16-37(36-17-20-40-21-18-36)32(13-6-14-32)38(39-19-15-33-23-29(39)24-34-25-39)28-11-9-27-10-12-30(35-31(27)22-28)26-7-4-3-5-8-26/h3-5,7-12,15,19,22-25H,2,6,13-14,16-18,20-21H2,1H3/q+1. The van der Waals surface area contributed by atoms with E-state index in [1.54, 1.807) is 0 Å². The van der Waals surface area contributed by atoms with Crippen LogP contribution in [-0.4, -0.2) is 70.7 Å². The molecule has 1 aliphatic carbocycles. The van der Waals surface area contributed by atoms with Crippen LogP contribution < -0.4 is 5.01 Å². The Hall–Kier alpha value is -3.69. The van der Waals surface area contributed by atoms with Crippen LogP contribution in [0.2, 0.25) is 0 Å². The van der Waals surface area contributed by atoms with Gasteiger partial charge in [-0.05, 0) is 43.9 Å². The Morgan fingerprint density at radius 2 is 1.82 bits per heavy atom. The van der Waals surface area contributed by atoms with Crippen LogP contribution in [0.5, 0.6) is 0 Å².